The van der Waals surface area contributed by atoms with Crippen molar-refractivity contribution in [3.05, 3.63) is 16.1 Å². The SMILES string of the molecule is CC(C)CNC(=O)C[S@@](=O)Cc1csc(C2CCCCC2)n1. The van der Waals surface area contributed by atoms with Gasteiger partial charge in [-0.3, -0.25) is 9.00 Å². The Morgan fingerprint density at radius 3 is 2.82 bits per heavy atom. The monoisotopic (exact) mass is 342 g/mol. The summed E-state index contributed by atoms with van der Waals surface area (Å²) in [4.78, 5) is 16.3. The van der Waals surface area contributed by atoms with Gasteiger partial charge in [0.15, 0.2) is 0 Å². The van der Waals surface area contributed by atoms with Crippen LogP contribution in [0, 0.1) is 5.92 Å². The molecule has 1 N–H and O–H groups in total. The number of aromatic nitrogens is 1. The van der Waals surface area contributed by atoms with E-state index in [4.69, 9.17) is 0 Å². The number of hydrogen-bond donors (Lipinski definition) is 1. The number of carbonyl (C=O) groups is 1. The third-order valence-corrected chi connectivity index (χ3v) is 6.09. The van der Waals surface area contributed by atoms with Gasteiger partial charge in [0.05, 0.1) is 16.5 Å². The van der Waals surface area contributed by atoms with Gasteiger partial charge in [0, 0.05) is 28.6 Å². The number of amides is 1. The molecule has 1 fully saturated rings. The molecule has 1 aromatic rings. The molecular formula is C16H26N2O2S2. The Kier molecular flexibility index (Phi) is 7.02. The highest BCUT2D eigenvalue weighted by Gasteiger charge is 2.19. The van der Waals surface area contributed by atoms with E-state index in [0.717, 1.165) is 5.69 Å². The summed E-state index contributed by atoms with van der Waals surface area (Å²) in [5, 5.41) is 6.00. The number of carbonyl (C=O) groups excluding carboxylic acids is 1. The molecule has 0 spiro atoms. The van der Waals surface area contributed by atoms with E-state index in [1.54, 1.807) is 11.3 Å². The lowest BCUT2D eigenvalue weighted by Crippen LogP contribution is -2.31. The molecule has 0 aromatic carbocycles. The summed E-state index contributed by atoms with van der Waals surface area (Å²) in [5.74, 6) is 1.33. The predicted octanol–water partition coefficient (Wildman–Crippen LogP) is 3.21. The molecule has 0 aliphatic heterocycles. The summed E-state index contributed by atoms with van der Waals surface area (Å²) in [7, 11) is -1.18. The highest BCUT2D eigenvalue weighted by molar-refractivity contribution is 7.84. The fourth-order valence-electron chi connectivity index (χ4n) is 2.66. The molecule has 2 rings (SSSR count). The summed E-state index contributed by atoms with van der Waals surface area (Å²) in [6.07, 6.45) is 6.38. The Morgan fingerprint density at radius 1 is 1.41 bits per heavy atom. The van der Waals surface area contributed by atoms with E-state index >= 15 is 0 Å². The lowest BCUT2D eigenvalue weighted by atomic mass is 9.90. The number of rotatable bonds is 7. The first kappa shape index (κ1) is 17.6. The van der Waals surface area contributed by atoms with Gasteiger partial charge in [0.2, 0.25) is 5.91 Å². The molecule has 4 nitrogen and oxygen atoms in total. The molecule has 124 valence electrons. The molecule has 0 radical (unpaired) electrons. The Balaban J connectivity index is 1.79. The Labute approximate surface area is 139 Å². The maximum atomic E-state index is 12.1. The molecule has 1 heterocycles. The fraction of sp³-hybridized carbons (Fsp3) is 0.750. The van der Waals surface area contributed by atoms with Crippen LogP contribution in [0.3, 0.4) is 0 Å². The fourth-order valence-corrected chi connectivity index (χ4v) is 4.73. The molecule has 1 saturated carbocycles. The zero-order chi connectivity index (χ0) is 15.9. The predicted molar refractivity (Wildman–Crippen MR) is 92.5 cm³/mol. The van der Waals surface area contributed by atoms with Gasteiger partial charge >= 0.3 is 0 Å². The number of nitrogens with one attached hydrogen (secondary N) is 1. The standard InChI is InChI=1S/C16H26N2O2S2/c1-12(2)8-17-15(19)11-22(20)10-14-9-21-16(18-14)13-6-4-3-5-7-13/h9,12-13H,3-8,10-11H2,1-2H3,(H,17,19)/t22-/m0/s1. The summed E-state index contributed by atoms with van der Waals surface area (Å²) in [5.41, 5.74) is 0.876. The van der Waals surface area contributed by atoms with Gasteiger partial charge in [-0.15, -0.1) is 11.3 Å². The van der Waals surface area contributed by atoms with Gasteiger partial charge in [-0.2, -0.15) is 0 Å². The van der Waals surface area contributed by atoms with Gasteiger partial charge in [-0.1, -0.05) is 33.1 Å². The van der Waals surface area contributed by atoms with E-state index in [-0.39, 0.29) is 11.7 Å². The first-order valence-electron chi connectivity index (χ1n) is 8.10. The Morgan fingerprint density at radius 2 is 2.14 bits per heavy atom. The average molecular weight is 343 g/mol. The second-order valence-corrected chi connectivity index (χ2v) is 8.79. The van der Waals surface area contributed by atoms with E-state index in [0.29, 0.717) is 24.1 Å². The maximum Gasteiger partial charge on any atom is 0.232 e. The number of thiazole rings is 1. The van der Waals surface area contributed by atoms with Crippen LogP contribution in [0.4, 0.5) is 0 Å². The third-order valence-electron chi connectivity index (χ3n) is 3.83. The third kappa shape index (κ3) is 5.80. The van der Waals surface area contributed by atoms with Gasteiger partial charge in [0.25, 0.3) is 0 Å². The van der Waals surface area contributed by atoms with Crippen molar-refractivity contribution in [2.75, 3.05) is 12.3 Å². The van der Waals surface area contributed by atoms with Gasteiger partial charge in [0.1, 0.15) is 5.75 Å². The lowest BCUT2D eigenvalue weighted by molar-refractivity contribution is -0.118. The van der Waals surface area contributed by atoms with Crippen LogP contribution in [0.25, 0.3) is 0 Å². The number of nitrogens with zero attached hydrogens (tertiary/aromatic N) is 1. The molecule has 22 heavy (non-hydrogen) atoms. The maximum absolute atomic E-state index is 12.1. The van der Waals surface area contributed by atoms with E-state index in [1.807, 2.05) is 19.2 Å². The van der Waals surface area contributed by atoms with Crippen LogP contribution in [0.5, 0.6) is 0 Å². The topological polar surface area (TPSA) is 59.1 Å². The van der Waals surface area contributed by atoms with Crippen molar-refractivity contribution in [3.63, 3.8) is 0 Å². The Bertz CT molecular complexity index is 508. The van der Waals surface area contributed by atoms with Crippen molar-refractivity contribution < 1.29 is 9.00 Å². The summed E-state index contributed by atoms with van der Waals surface area (Å²) < 4.78 is 12.1. The van der Waals surface area contributed by atoms with E-state index in [2.05, 4.69) is 10.3 Å². The van der Waals surface area contributed by atoms with Crippen molar-refractivity contribution in [2.24, 2.45) is 5.92 Å². The van der Waals surface area contributed by atoms with Crippen LogP contribution in [0.2, 0.25) is 0 Å². The zero-order valence-electron chi connectivity index (χ0n) is 13.5. The van der Waals surface area contributed by atoms with Crippen LogP contribution in [0.15, 0.2) is 5.38 Å². The second-order valence-electron chi connectivity index (χ2n) is 6.44. The van der Waals surface area contributed by atoms with Crippen LogP contribution in [0.1, 0.15) is 62.6 Å². The minimum Gasteiger partial charge on any atom is -0.355 e. The van der Waals surface area contributed by atoms with Crippen molar-refractivity contribution in [2.45, 2.75) is 57.6 Å². The molecule has 6 heteroatoms. The molecule has 0 unspecified atom stereocenters. The Hall–Kier alpha value is -0.750. The first-order valence-corrected chi connectivity index (χ1v) is 10.5. The second kappa shape index (κ2) is 8.77. The smallest absolute Gasteiger partial charge is 0.232 e. The molecular weight excluding hydrogens is 316 g/mol. The van der Waals surface area contributed by atoms with Crippen LogP contribution in [-0.4, -0.2) is 27.4 Å². The van der Waals surface area contributed by atoms with Crippen LogP contribution >= 0.6 is 11.3 Å². The molecule has 1 aromatic heterocycles. The number of hydrogen-bond acceptors (Lipinski definition) is 4. The van der Waals surface area contributed by atoms with Crippen molar-refractivity contribution in [3.8, 4) is 0 Å². The lowest BCUT2D eigenvalue weighted by Gasteiger charge is -2.18. The van der Waals surface area contributed by atoms with E-state index < -0.39 is 10.8 Å². The van der Waals surface area contributed by atoms with Crippen molar-refractivity contribution in [1.82, 2.24) is 10.3 Å². The average Bonchev–Trinajstić information content (AvgIpc) is 2.94. The van der Waals surface area contributed by atoms with Gasteiger partial charge in [-0.25, -0.2) is 4.98 Å². The van der Waals surface area contributed by atoms with Crippen LogP contribution < -0.4 is 5.32 Å². The zero-order valence-corrected chi connectivity index (χ0v) is 15.1. The summed E-state index contributed by atoms with van der Waals surface area (Å²) in [6.45, 7) is 4.72. The summed E-state index contributed by atoms with van der Waals surface area (Å²) in [6, 6.07) is 0. The van der Waals surface area contributed by atoms with Crippen LogP contribution in [-0.2, 0) is 21.3 Å². The van der Waals surface area contributed by atoms with E-state index in [1.165, 1.54) is 37.1 Å². The van der Waals surface area contributed by atoms with Gasteiger partial charge in [-0.05, 0) is 18.8 Å². The molecule has 0 saturated heterocycles. The molecule has 1 aliphatic rings. The molecule has 1 amide bonds. The van der Waals surface area contributed by atoms with Crippen molar-refractivity contribution in [1.29, 1.82) is 0 Å². The molecule has 0 bridgehead atoms. The van der Waals surface area contributed by atoms with E-state index in [9.17, 15) is 9.00 Å². The minimum atomic E-state index is -1.18. The first-order chi connectivity index (χ1) is 10.5. The highest BCUT2D eigenvalue weighted by atomic mass is 32.2. The van der Waals surface area contributed by atoms with Gasteiger partial charge < -0.3 is 5.32 Å². The van der Waals surface area contributed by atoms with Crippen molar-refractivity contribution >= 4 is 28.0 Å². The summed E-state index contributed by atoms with van der Waals surface area (Å²) >= 11 is 1.69. The molecule has 1 atom stereocenters. The largest absolute Gasteiger partial charge is 0.355 e. The molecule has 1 aliphatic carbocycles. The highest BCUT2D eigenvalue weighted by Crippen LogP contribution is 2.34. The quantitative estimate of drug-likeness (QED) is 0.828. The normalized spacial score (nSPS) is 17.6. The minimum absolute atomic E-state index is 0.0724.